The second kappa shape index (κ2) is 37.8. The van der Waals surface area contributed by atoms with Crippen molar-refractivity contribution in [2.45, 2.75) is 142 Å². The van der Waals surface area contributed by atoms with E-state index in [0.29, 0.717) is 177 Å². The number of aromatic nitrogens is 16. The third-order valence-corrected chi connectivity index (χ3v) is 25.0. The normalized spacial score (nSPS) is 18.2. The number of nitrogens with one attached hydrogen (secondary N) is 4. The number of halogens is 11. The van der Waals surface area contributed by atoms with Gasteiger partial charge in [0.05, 0.1) is 112 Å². The van der Waals surface area contributed by atoms with Gasteiger partial charge in [-0.2, -0.15) is 67.1 Å². The van der Waals surface area contributed by atoms with Crippen molar-refractivity contribution >= 4 is 69.6 Å². The van der Waals surface area contributed by atoms with Crippen LogP contribution in [0, 0.1) is 29.1 Å². The number of aryl methyl sites for hydroxylation is 4. The molecule has 4 amide bonds. The van der Waals surface area contributed by atoms with E-state index in [9.17, 15) is 58.7 Å². The van der Waals surface area contributed by atoms with Crippen LogP contribution in [-0.2, 0) is 131 Å². The monoisotopic (exact) mass is 1850 g/mol. The van der Waals surface area contributed by atoms with Crippen LogP contribution in [0.25, 0.3) is 44.5 Å². The van der Waals surface area contributed by atoms with Crippen LogP contribution in [0.5, 0.6) is 0 Å². The molecule has 32 nitrogen and oxygen atoms in total. The Kier molecular flexibility index (Phi) is 26.0. The van der Waals surface area contributed by atoms with Crippen molar-refractivity contribution in [3.8, 4) is 44.5 Å². The second-order valence-electron chi connectivity index (χ2n) is 34.0. The topological polar surface area (TPSA) is 309 Å². The summed E-state index contributed by atoms with van der Waals surface area (Å²) in [5.74, 6) is -1.59. The Bertz CT molecular complexity index is 6270. The van der Waals surface area contributed by atoms with Crippen LogP contribution in [0.1, 0.15) is 134 Å². The SMILES string of the molecule is CC(=O)N1CCc2c(c(Nc3cc(-c4cnn(C)c4)c(F)cc3F)nn2C2CCOC2)C1.CC(=O)N1CCc2c(c(Nc3ccc(-c4cn(C)nc4C(F)(F)F)cc3)nn2C2CCOC2)C1.CC(=O)N1CCc2c(c(Nc3ccc(-c4cn(C)nc4C(F)(F)F)cc3F)nn2C2CCOC2)C1.CC(=O)N1CCc2c(c(Nc3ccc(F)c(-c4cnn(C)c4)c3F)nn2C2CCOC2)C1. The van der Waals surface area contributed by atoms with Crippen LogP contribution in [-0.4, -0.2) is 201 Å². The number of rotatable bonds is 16. The van der Waals surface area contributed by atoms with Crippen LogP contribution in [0.15, 0.2) is 104 Å². The Hall–Kier alpha value is -13.3. The number of fused-ring (bicyclic) bond motifs is 4. The Labute approximate surface area is 754 Å². The summed E-state index contributed by atoms with van der Waals surface area (Å²) in [6.07, 6.45) is 5.58. The third kappa shape index (κ3) is 19.4. The predicted molar refractivity (Wildman–Crippen MR) is 463 cm³/mol. The first kappa shape index (κ1) is 91.6. The number of nitrogens with zero attached hydrogens (tertiary/aromatic N) is 20. The van der Waals surface area contributed by atoms with Gasteiger partial charge in [-0.15, -0.1) is 0 Å². The summed E-state index contributed by atoms with van der Waals surface area (Å²) in [5.41, 5.74) is 7.88. The summed E-state index contributed by atoms with van der Waals surface area (Å²) in [6.45, 7) is 15.1. The molecule has 0 radical (unpaired) electrons. The zero-order valence-electron chi connectivity index (χ0n) is 74.0. The van der Waals surface area contributed by atoms with Crippen molar-refractivity contribution in [2.24, 2.45) is 28.2 Å². The summed E-state index contributed by atoms with van der Waals surface area (Å²) < 4.78 is 190. The maximum absolute atomic E-state index is 15.4. The molecule has 702 valence electrons. The van der Waals surface area contributed by atoms with E-state index >= 15 is 8.78 Å². The zero-order chi connectivity index (χ0) is 93.7. The van der Waals surface area contributed by atoms with Gasteiger partial charge in [0.15, 0.2) is 40.5 Å². The first-order valence-electron chi connectivity index (χ1n) is 43.5. The minimum absolute atomic E-state index is 0.00911. The molecule has 4 aromatic carbocycles. The summed E-state index contributed by atoms with van der Waals surface area (Å²) in [7, 11) is 6.27. The number of alkyl halides is 6. The standard InChI is InChI=1S/C23H24F4N6O2.C23H25F3N6O2.2C22H24F2N6O2/c1-13(34)32-7-5-20-17(11-32)22(30-33(20)15-6-8-35-12-15)28-19-4-3-14(9-18(19)24)16-10-31(2)29-21(16)23(25,26)27;1-14(33)31-9-7-20-19(12-31)22(29-32(20)17-8-10-34-13-17)27-16-5-3-15(4-6-16)18-11-30(2)28-21(18)23(24,25)26;1-13(31)29-5-3-21-17(11-29)22(27-30(21)15-4-6-32-12-15)26-20-7-16(18(23)8-19(20)24)14-9-25-28(2)10-14;1-13(31)29-7-5-19-16(11-29)22(27-30(19)15-6-8-32-12-15)26-18-4-3-17(23)20(21(18)24)14-9-25-28(2)10-14/h3-4,9-10,15H,5-8,11-12H2,1-2H3,(H,28,30);3-6,11,17H,7-10,12-13H2,1-2H3,(H,27,29);7-10,15H,3-6,11-12H2,1-2H3,(H,26,27);3-4,9-10,15H,5-8,11-12H2,1-2H3,(H,26,27). The summed E-state index contributed by atoms with van der Waals surface area (Å²) in [6, 6.07) is 15.8. The Morgan fingerprint density at radius 3 is 1.10 bits per heavy atom. The minimum Gasteiger partial charge on any atom is -0.379 e. The Balaban J connectivity index is 0.000000124. The molecule has 4 saturated heterocycles. The van der Waals surface area contributed by atoms with E-state index in [1.54, 1.807) is 82.0 Å². The van der Waals surface area contributed by atoms with E-state index in [2.05, 4.69) is 41.7 Å². The van der Waals surface area contributed by atoms with Gasteiger partial charge in [-0.3, -0.25) is 56.6 Å². The van der Waals surface area contributed by atoms with E-state index in [4.69, 9.17) is 39.3 Å². The van der Waals surface area contributed by atoms with Crippen molar-refractivity contribution in [2.75, 3.05) is 100 Å². The maximum atomic E-state index is 15.4. The summed E-state index contributed by atoms with van der Waals surface area (Å²) in [5, 5.41) is 46.6. The molecule has 0 spiro atoms. The van der Waals surface area contributed by atoms with Gasteiger partial charge in [0.25, 0.3) is 0 Å². The second-order valence-corrected chi connectivity index (χ2v) is 34.0. The number of ether oxygens (including phenoxy) is 4. The molecule has 4 N–H and O–H groups in total. The lowest BCUT2D eigenvalue weighted by atomic mass is 10.0. The highest BCUT2D eigenvalue weighted by atomic mass is 19.4. The maximum Gasteiger partial charge on any atom is 0.435 e. The van der Waals surface area contributed by atoms with E-state index in [1.165, 1.54) is 94.7 Å². The van der Waals surface area contributed by atoms with Gasteiger partial charge in [0.2, 0.25) is 23.6 Å². The molecule has 0 aliphatic carbocycles. The average molecular weight is 1850 g/mol. The van der Waals surface area contributed by atoms with E-state index in [0.717, 1.165) is 92.2 Å². The molecule has 0 saturated carbocycles. The molecule has 8 aliphatic heterocycles. The first-order chi connectivity index (χ1) is 63.6. The fourth-order valence-corrected chi connectivity index (χ4v) is 18.1. The average Bonchev–Trinajstić information content (AvgIpc) is 1.62. The van der Waals surface area contributed by atoms with Gasteiger partial charge in [0, 0.05) is 244 Å². The van der Waals surface area contributed by atoms with E-state index < -0.39 is 52.8 Å². The number of anilines is 8. The van der Waals surface area contributed by atoms with Crippen molar-refractivity contribution in [1.29, 1.82) is 0 Å². The molecule has 133 heavy (non-hydrogen) atoms. The number of carbonyl (C=O) groups excluding carboxylic acids is 4. The quantitative estimate of drug-likeness (QED) is 0.0653. The summed E-state index contributed by atoms with van der Waals surface area (Å²) >= 11 is 0. The largest absolute Gasteiger partial charge is 0.435 e. The fraction of sp³-hybridized carbons (Fsp3) is 0.422. The molecule has 16 heterocycles. The lowest BCUT2D eigenvalue weighted by Gasteiger charge is -2.27. The van der Waals surface area contributed by atoms with Crippen LogP contribution < -0.4 is 21.3 Å². The molecule has 20 rings (SSSR count). The number of hydrogen-bond acceptors (Lipinski definition) is 20. The molecule has 4 unspecified atom stereocenters. The minimum atomic E-state index is -4.66. The number of carbonyl (C=O) groups is 4. The Morgan fingerprint density at radius 2 is 0.729 bits per heavy atom. The molecule has 0 bridgehead atoms. The fourth-order valence-electron chi connectivity index (χ4n) is 18.1. The molecule has 8 aliphatic rings. The predicted octanol–water partition coefficient (Wildman–Crippen LogP) is 14.3. The van der Waals surface area contributed by atoms with Crippen LogP contribution >= 0.6 is 0 Å². The lowest BCUT2D eigenvalue weighted by Crippen LogP contribution is -2.35. The molecule has 4 atom stereocenters. The number of benzene rings is 4. The highest BCUT2D eigenvalue weighted by molar-refractivity contribution is 5.80. The first-order valence-corrected chi connectivity index (χ1v) is 43.5. The van der Waals surface area contributed by atoms with E-state index in [-0.39, 0.29) is 92.7 Å². The molecule has 4 fully saturated rings. The molecule has 12 aromatic rings. The zero-order valence-corrected chi connectivity index (χ0v) is 74.0. The lowest BCUT2D eigenvalue weighted by molar-refractivity contribution is -0.141. The van der Waals surface area contributed by atoms with E-state index in [1.807, 2.05) is 18.7 Å². The van der Waals surface area contributed by atoms with Gasteiger partial charge < -0.3 is 59.8 Å². The van der Waals surface area contributed by atoms with Crippen LogP contribution in [0.4, 0.5) is 94.3 Å². The number of hydrogen-bond donors (Lipinski definition) is 4. The highest BCUT2D eigenvalue weighted by Gasteiger charge is 2.41. The Morgan fingerprint density at radius 1 is 0.368 bits per heavy atom. The number of amides is 4. The van der Waals surface area contributed by atoms with Gasteiger partial charge in [-0.25, -0.2) is 22.0 Å². The molecular weight excluding hydrogens is 1750 g/mol. The highest BCUT2D eigenvalue weighted by Crippen LogP contribution is 2.44. The summed E-state index contributed by atoms with van der Waals surface area (Å²) in [4.78, 5) is 54.9. The van der Waals surface area contributed by atoms with Crippen molar-refractivity contribution in [3.05, 3.63) is 189 Å². The molecule has 43 heteroatoms. The third-order valence-electron chi connectivity index (χ3n) is 25.0. The van der Waals surface area contributed by atoms with Crippen molar-refractivity contribution < 1.29 is 86.4 Å². The van der Waals surface area contributed by atoms with Crippen LogP contribution in [0.3, 0.4) is 0 Å². The van der Waals surface area contributed by atoms with Crippen LogP contribution in [0.2, 0.25) is 0 Å². The van der Waals surface area contributed by atoms with Gasteiger partial charge in [-0.1, -0.05) is 18.2 Å². The van der Waals surface area contributed by atoms with Crippen molar-refractivity contribution in [1.82, 2.24) is 97.8 Å². The molecule has 8 aromatic heterocycles. The van der Waals surface area contributed by atoms with Gasteiger partial charge in [0.1, 0.15) is 23.3 Å². The van der Waals surface area contributed by atoms with Gasteiger partial charge in [-0.05, 0) is 79.3 Å². The van der Waals surface area contributed by atoms with Crippen molar-refractivity contribution in [3.63, 3.8) is 0 Å². The van der Waals surface area contributed by atoms with Gasteiger partial charge >= 0.3 is 12.4 Å². The molecular formula is C90H97F11N24O8. The smallest absolute Gasteiger partial charge is 0.379 e.